The minimum atomic E-state index is -3.89. The number of carbonyl (C=O) groups is 1. The Labute approximate surface area is 303 Å². The zero-order valence-electron chi connectivity index (χ0n) is 30.0. The van der Waals surface area contributed by atoms with Crippen LogP contribution >= 0.6 is 11.6 Å². The van der Waals surface area contributed by atoms with Crippen LogP contribution < -0.4 is 14.4 Å². The van der Waals surface area contributed by atoms with E-state index in [0.29, 0.717) is 18.1 Å². The molecular weight excluding hydrogens is 672 g/mol. The molecule has 1 N–H and O–H groups in total. The van der Waals surface area contributed by atoms with Crippen LogP contribution in [0.2, 0.25) is 5.02 Å². The van der Waals surface area contributed by atoms with Gasteiger partial charge in [0, 0.05) is 68.9 Å². The number of methoxy groups -OCH3 is 1. The van der Waals surface area contributed by atoms with Crippen LogP contribution in [0.1, 0.15) is 61.0 Å². The lowest BCUT2D eigenvalue weighted by atomic mass is 9.63. The van der Waals surface area contributed by atoms with Crippen LogP contribution in [0, 0.1) is 23.7 Å². The molecule has 0 aromatic heterocycles. The first-order valence-electron chi connectivity index (χ1n) is 18.4. The molecule has 7 rings (SSSR count). The maximum Gasteiger partial charge on any atom is 0.264 e. The van der Waals surface area contributed by atoms with Gasteiger partial charge in [0.15, 0.2) is 0 Å². The predicted molar refractivity (Wildman–Crippen MR) is 199 cm³/mol. The molecule has 0 radical (unpaired) electrons. The zero-order valence-corrected chi connectivity index (χ0v) is 31.6. The highest BCUT2D eigenvalue weighted by Crippen LogP contribution is 2.49. The van der Waals surface area contributed by atoms with E-state index in [0.717, 1.165) is 94.4 Å². The molecule has 11 heteroatoms. The Morgan fingerprint density at radius 1 is 1.08 bits per heavy atom. The number of piperazine rings is 1. The Morgan fingerprint density at radius 3 is 2.62 bits per heavy atom. The van der Waals surface area contributed by atoms with Gasteiger partial charge in [0.1, 0.15) is 11.4 Å². The van der Waals surface area contributed by atoms with E-state index in [1.165, 1.54) is 11.1 Å². The van der Waals surface area contributed by atoms with E-state index < -0.39 is 21.5 Å². The van der Waals surface area contributed by atoms with E-state index >= 15 is 0 Å². The summed E-state index contributed by atoms with van der Waals surface area (Å²) in [6.07, 6.45) is 9.58. The lowest BCUT2D eigenvalue weighted by molar-refractivity contribution is -0.0950. The second-order valence-corrected chi connectivity index (χ2v) is 18.1. The summed E-state index contributed by atoms with van der Waals surface area (Å²) in [5.41, 5.74) is 2.94. The molecule has 1 spiro atoms. The fraction of sp³-hybridized carbons (Fsp3) is 0.615. The maximum atomic E-state index is 13.5. The van der Waals surface area contributed by atoms with Crippen molar-refractivity contribution in [2.24, 2.45) is 23.7 Å². The average Bonchev–Trinajstić information content (AvgIpc) is 3.22. The SMILES string of the molecule is CO[C@]1(CN2CCN(C)CC2)/C=C\[C@H](C)[C@H](C)CS(=O)(=O)NC(=O)c2ccc3c(c2)N(C[C@@H]2CC[C@H]21)C[C@@]1(CCCc2cc(Cl)ccc21)CO3. The summed E-state index contributed by atoms with van der Waals surface area (Å²) < 4.78 is 42.4. The minimum absolute atomic E-state index is 0.0384. The van der Waals surface area contributed by atoms with Gasteiger partial charge in [-0.1, -0.05) is 43.7 Å². The highest BCUT2D eigenvalue weighted by Gasteiger charge is 2.50. The molecule has 6 atom stereocenters. The number of aryl methyl sites for hydroxylation is 1. The van der Waals surface area contributed by atoms with E-state index in [1.807, 2.05) is 32.2 Å². The van der Waals surface area contributed by atoms with Crippen molar-refractivity contribution in [2.45, 2.75) is 57.0 Å². The van der Waals surface area contributed by atoms with Gasteiger partial charge in [0.05, 0.1) is 18.0 Å². The zero-order chi connectivity index (χ0) is 35.3. The largest absolute Gasteiger partial charge is 0.490 e. The number of nitrogens with one attached hydrogen (secondary N) is 1. The van der Waals surface area contributed by atoms with E-state index in [1.54, 1.807) is 6.07 Å². The van der Waals surface area contributed by atoms with Gasteiger partial charge in [-0.25, -0.2) is 13.1 Å². The molecule has 0 unspecified atom stereocenters. The van der Waals surface area contributed by atoms with Gasteiger partial charge in [0.2, 0.25) is 10.0 Å². The number of halogens is 1. The molecule has 3 heterocycles. The van der Waals surface area contributed by atoms with Gasteiger partial charge in [-0.3, -0.25) is 9.69 Å². The molecule has 1 saturated heterocycles. The summed E-state index contributed by atoms with van der Waals surface area (Å²) in [5, 5.41) is 0.750. The summed E-state index contributed by atoms with van der Waals surface area (Å²) in [4.78, 5) is 20.9. The number of ether oxygens (including phenoxy) is 2. The van der Waals surface area contributed by atoms with E-state index in [-0.39, 0.29) is 28.9 Å². The number of rotatable bonds is 3. The van der Waals surface area contributed by atoms with Crippen LogP contribution in [0.4, 0.5) is 5.69 Å². The van der Waals surface area contributed by atoms with Crippen molar-refractivity contribution in [1.82, 2.24) is 14.5 Å². The summed E-state index contributed by atoms with van der Waals surface area (Å²) in [7, 11) is 0.133. The molecule has 9 nitrogen and oxygen atoms in total. The highest BCUT2D eigenvalue weighted by atomic mass is 35.5. The number of nitrogens with zero attached hydrogens (tertiary/aromatic N) is 3. The fourth-order valence-corrected chi connectivity index (χ4v) is 10.8. The number of hydrogen-bond acceptors (Lipinski definition) is 8. The molecule has 2 aliphatic carbocycles. The minimum Gasteiger partial charge on any atom is -0.490 e. The third kappa shape index (κ3) is 7.07. The van der Waals surface area contributed by atoms with E-state index in [2.05, 4.69) is 57.7 Å². The van der Waals surface area contributed by atoms with Gasteiger partial charge in [0.25, 0.3) is 5.91 Å². The molecule has 5 aliphatic rings. The summed E-state index contributed by atoms with van der Waals surface area (Å²) in [5.74, 6) is 0.331. The van der Waals surface area contributed by atoms with Crippen LogP contribution in [0.15, 0.2) is 48.6 Å². The summed E-state index contributed by atoms with van der Waals surface area (Å²) >= 11 is 6.49. The van der Waals surface area contributed by atoms with Crippen molar-refractivity contribution in [1.29, 1.82) is 0 Å². The molecule has 1 saturated carbocycles. The number of sulfonamides is 1. The van der Waals surface area contributed by atoms with Crippen molar-refractivity contribution in [2.75, 3.05) is 77.2 Å². The quantitative estimate of drug-likeness (QED) is 0.423. The smallest absolute Gasteiger partial charge is 0.264 e. The topological polar surface area (TPSA) is 91.4 Å². The number of fused-ring (bicyclic) bond motifs is 4. The Hall–Kier alpha value is -2.63. The monoisotopic (exact) mass is 724 g/mol. The Bertz CT molecular complexity index is 1730. The molecule has 3 aliphatic heterocycles. The van der Waals surface area contributed by atoms with Gasteiger partial charge in [-0.15, -0.1) is 0 Å². The highest BCUT2D eigenvalue weighted by molar-refractivity contribution is 7.90. The summed E-state index contributed by atoms with van der Waals surface area (Å²) in [6.45, 7) is 10.8. The molecule has 2 aromatic rings. The number of carbonyl (C=O) groups excluding carboxylic acids is 1. The first-order valence-corrected chi connectivity index (χ1v) is 20.4. The standard InChI is InChI=1S/C39H53ClN4O5S/c1-27-13-15-39(48-4,25-43-18-16-42(3)17-19-43)34-10-7-31(34)22-44-24-38(14-5-6-29-20-32(40)9-11-33(29)38)26-49-36-12-8-30(21-35(36)44)37(45)41-50(46,47)23-28(27)2/h8-9,11-13,15,20-21,27-28,31,34H,5-7,10,14,16-19,22-26H2,1-4H3,(H,41,45)/b15-13-/t27-,28+,31-,34+,38-,39-/m0/s1. The van der Waals surface area contributed by atoms with Crippen molar-refractivity contribution in [3.8, 4) is 5.75 Å². The lowest BCUT2D eigenvalue weighted by Crippen LogP contribution is -2.58. The summed E-state index contributed by atoms with van der Waals surface area (Å²) in [6, 6.07) is 11.6. The van der Waals surface area contributed by atoms with E-state index in [4.69, 9.17) is 21.1 Å². The average molecular weight is 725 g/mol. The molecule has 1 amide bonds. The Balaban J connectivity index is 1.31. The third-order valence-corrected chi connectivity index (χ3v) is 14.3. The van der Waals surface area contributed by atoms with Gasteiger partial charge in [-0.05, 0) is 104 Å². The normalized spacial score (nSPS) is 34.0. The van der Waals surface area contributed by atoms with E-state index in [9.17, 15) is 13.2 Å². The fourth-order valence-electron chi connectivity index (χ4n) is 9.15. The molecule has 272 valence electrons. The number of benzene rings is 2. The third-order valence-electron chi connectivity index (χ3n) is 12.6. The second-order valence-electron chi connectivity index (χ2n) is 15.9. The van der Waals surface area contributed by atoms with Crippen molar-refractivity contribution in [3.05, 3.63) is 70.3 Å². The van der Waals surface area contributed by atoms with Crippen LogP contribution in [-0.2, 0) is 26.6 Å². The van der Waals surface area contributed by atoms with Crippen LogP contribution in [0.5, 0.6) is 5.75 Å². The first kappa shape index (κ1) is 35.8. The Kier molecular flexibility index (Phi) is 10.1. The van der Waals surface area contributed by atoms with Crippen molar-refractivity contribution in [3.63, 3.8) is 0 Å². The van der Waals surface area contributed by atoms with Crippen molar-refractivity contribution < 1.29 is 22.7 Å². The Morgan fingerprint density at radius 2 is 1.88 bits per heavy atom. The second kappa shape index (κ2) is 14.1. The number of anilines is 1. The molecule has 2 bridgehead atoms. The van der Waals surface area contributed by atoms with Gasteiger partial charge >= 0.3 is 0 Å². The molecule has 2 fully saturated rings. The number of hydrogen-bond donors (Lipinski definition) is 1. The lowest BCUT2D eigenvalue weighted by Gasteiger charge is -2.52. The first-order chi connectivity index (χ1) is 23.9. The van der Waals surface area contributed by atoms with Gasteiger partial charge < -0.3 is 19.3 Å². The predicted octanol–water partition coefficient (Wildman–Crippen LogP) is 5.37. The number of allylic oxidation sites excluding steroid dienone is 1. The van der Waals surface area contributed by atoms with Crippen molar-refractivity contribution >= 4 is 33.2 Å². The molecular formula is C39H53ClN4O5S. The van der Waals surface area contributed by atoms with Gasteiger partial charge in [-0.2, -0.15) is 0 Å². The maximum absolute atomic E-state index is 13.5. The number of amides is 1. The van der Waals surface area contributed by atoms with Crippen LogP contribution in [0.25, 0.3) is 0 Å². The number of likely N-dealkylation sites (N-methyl/N-ethyl adjacent to an activating group) is 1. The molecule has 50 heavy (non-hydrogen) atoms. The van der Waals surface area contributed by atoms with Crippen LogP contribution in [0.3, 0.4) is 0 Å². The van der Waals surface area contributed by atoms with Crippen LogP contribution in [-0.4, -0.2) is 102 Å². The molecule has 2 aromatic carbocycles.